The molecule has 0 bridgehead atoms. The summed E-state index contributed by atoms with van der Waals surface area (Å²) in [4.78, 5) is 14.1. The minimum Gasteiger partial charge on any atom is -0.491 e. The molecule has 0 aliphatic heterocycles. The smallest absolute Gasteiger partial charge is 0.322 e. The predicted octanol–water partition coefficient (Wildman–Crippen LogP) is 3.87. The van der Waals surface area contributed by atoms with E-state index in [1.165, 1.54) is 0 Å². The van der Waals surface area contributed by atoms with E-state index in [1.807, 2.05) is 55.8 Å². The van der Waals surface area contributed by atoms with Crippen molar-refractivity contribution in [1.82, 2.24) is 4.90 Å². The Morgan fingerprint density at radius 3 is 2.75 bits per heavy atom. The minimum absolute atomic E-state index is 0.0717. The van der Waals surface area contributed by atoms with Crippen LogP contribution in [-0.2, 0) is 6.54 Å². The maximum atomic E-state index is 12.5. The Morgan fingerprint density at radius 1 is 1.38 bits per heavy atom. The average molecular weight is 348 g/mol. The Balaban J connectivity index is 2.05. The summed E-state index contributed by atoms with van der Waals surface area (Å²) in [5, 5.41) is 16.1. The van der Waals surface area contributed by atoms with Gasteiger partial charge in [0.25, 0.3) is 0 Å². The van der Waals surface area contributed by atoms with Gasteiger partial charge in [0.1, 0.15) is 5.75 Å². The summed E-state index contributed by atoms with van der Waals surface area (Å²) in [6.07, 6.45) is 0.107. The SMILES string of the molecule is Cc1cc(OC(C)C)ccc1NC(=O)N(CCO)Cc1ccsc1. The zero-order chi connectivity index (χ0) is 17.5. The molecule has 0 aliphatic rings. The summed E-state index contributed by atoms with van der Waals surface area (Å²) in [6.45, 7) is 6.57. The normalized spacial score (nSPS) is 10.7. The van der Waals surface area contributed by atoms with Gasteiger partial charge in [-0.05, 0) is 66.9 Å². The van der Waals surface area contributed by atoms with Crippen molar-refractivity contribution < 1.29 is 14.6 Å². The summed E-state index contributed by atoms with van der Waals surface area (Å²) in [5.41, 5.74) is 2.73. The molecule has 0 radical (unpaired) electrons. The molecule has 0 fully saturated rings. The topological polar surface area (TPSA) is 61.8 Å². The first-order chi connectivity index (χ1) is 11.5. The lowest BCUT2D eigenvalue weighted by molar-refractivity contribution is 0.185. The first kappa shape index (κ1) is 18.3. The minimum atomic E-state index is -0.226. The van der Waals surface area contributed by atoms with Gasteiger partial charge < -0.3 is 20.1 Å². The fourth-order valence-electron chi connectivity index (χ4n) is 2.29. The zero-order valence-electron chi connectivity index (χ0n) is 14.3. The summed E-state index contributed by atoms with van der Waals surface area (Å²) in [5.74, 6) is 0.783. The van der Waals surface area contributed by atoms with Crippen molar-refractivity contribution in [3.63, 3.8) is 0 Å². The van der Waals surface area contributed by atoms with Gasteiger partial charge in [-0.2, -0.15) is 11.3 Å². The zero-order valence-corrected chi connectivity index (χ0v) is 15.1. The molecule has 0 saturated carbocycles. The van der Waals surface area contributed by atoms with Crippen LogP contribution in [0.3, 0.4) is 0 Å². The van der Waals surface area contributed by atoms with E-state index in [0.29, 0.717) is 6.54 Å². The largest absolute Gasteiger partial charge is 0.491 e. The third kappa shape index (κ3) is 5.25. The number of amides is 2. The van der Waals surface area contributed by atoms with Crippen molar-refractivity contribution in [2.75, 3.05) is 18.5 Å². The quantitative estimate of drug-likeness (QED) is 0.798. The highest BCUT2D eigenvalue weighted by molar-refractivity contribution is 7.07. The van der Waals surface area contributed by atoms with Gasteiger partial charge in [-0.25, -0.2) is 4.79 Å². The van der Waals surface area contributed by atoms with Crippen LogP contribution in [0.2, 0.25) is 0 Å². The van der Waals surface area contributed by atoms with Crippen LogP contribution in [0.25, 0.3) is 0 Å². The third-order valence-electron chi connectivity index (χ3n) is 3.42. The summed E-state index contributed by atoms with van der Waals surface area (Å²) < 4.78 is 5.66. The van der Waals surface area contributed by atoms with Gasteiger partial charge in [-0.15, -0.1) is 0 Å². The molecular formula is C18H24N2O3S. The molecule has 2 aromatic rings. The lowest BCUT2D eigenvalue weighted by atomic mass is 10.2. The maximum Gasteiger partial charge on any atom is 0.322 e. The molecule has 1 aromatic heterocycles. The number of ether oxygens (including phenoxy) is 1. The standard InChI is InChI=1S/C18H24N2O3S/c1-13(2)23-16-4-5-17(14(3)10-16)19-18(22)20(7-8-21)11-15-6-9-24-12-15/h4-6,9-10,12-13,21H,7-8,11H2,1-3H3,(H,19,22). The lowest BCUT2D eigenvalue weighted by Gasteiger charge is -2.22. The van der Waals surface area contributed by atoms with E-state index < -0.39 is 0 Å². The van der Waals surface area contributed by atoms with E-state index in [9.17, 15) is 9.90 Å². The molecule has 1 heterocycles. The van der Waals surface area contributed by atoms with Crippen molar-refractivity contribution in [1.29, 1.82) is 0 Å². The van der Waals surface area contributed by atoms with Crippen molar-refractivity contribution in [3.8, 4) is 5.75 Å². The Hall–Kier alpha value is -2.05. The van der Waals surface area contributed by atoms with Crippen LogP contribution < -0.4 is 10.1 Å². The summed E-state index contributed by atoms with van der Waals surface area (Å²) in [6, 6.07) is 7.34. The molecular weight excluding hydrogens is 324 g/mol. The summed E-state index contributed by atoms with van der Waals surface area (Å²) in [7, 11) is 0. The van der Waals surface area contributed by atoms with Crippen molar-refractivity contribution in [3.05, 3.63) is 46.2 Å². The van der Waals surface area contributed by atoms with Crippen LogP contribution in [0.1, 0.15) is 25.0 Å². The second-order valence-corrected chi connectivity index (χ2v) is 6.63. The Bertz CT molecular complexity index is 656. The molecule has 1 aromatic carbocycles. The number of carbonyl (C=O) groups is 1. The fraction of sp³-hybridized carbons (Fsp3) is 0.389. The molecule has 2 N–H and O–H groups in total. The number of anilines is 1. The van der Waals surface area contributed by atoms with E-state index in [4.69, 9.17) is 4.74 Å². The van der Waals surface area contributed by atoms with Gasteiger partial charge in [-0.3, -0.25) is 0 Å². The molecule has 0 spiro atoms. The molecule has 2 rings (SSSR count). The monoisotopic (exact) mass is 348 g/mol. The van der Waals surface area contributed by atoms with Crippen LogP contribution in [0.5, 0.6) is 5.75 Å². The number of rotatable bonds is 7. The van der Waals surface area contributed by atoms with Crippen LogP contribution >= 0.6 is 11.3 Å². The highest BCUT2D eigenvalue weighted by Crippen LogP contribution is 2.23. The van der Waals surface area contributed by atoms with Crippen molar-refractivity contribution in [2.45, 2.75) is 33.4 Å². The fourth-order valence-corrected chi connectivity index (χ4v) is 2.95. The number of nitrogens with one attached hydrogen (secondary N) is 1. The first-order valence-corrected chi connectivity index (χ1v) is 8.89. The van der Waals surface area contributed by atoms with Crippen molar-refractivity contribution >= 4 is 23.1 Å². The van der Waals surface area contributed by atoms with Gasteiger partial charge in [0.05, 0.1) is 12.7 Å². The molecule has 24 heavy (non-hydrogen) atoms. The summed E-state index contributed by atoms with van der Waals surface area (Å²) >= 11 is 1.59. The van der Waals surface area contributed by atoms with Gasteiger partial charge in [0, 0.05) is 18.8 Å². The number of aryl methyl sites for hydroxylation is 1. The van der Waals surface area contributed by atoms with Crippen LogP contribution in [0.4, 0.5) is 10.5 Å². The number of hydrogen-bond acceptors (Lipinski definition) is 4. The van der Waals surface area contributed by atoms with Gasteiger partial charge in [-0.1, -0.05) is 0 Å². The Labute approximate surface area is 146 Å². The van der Waals surface area contributed by atoms with Gasteiger partial charge in [0.15, 0.2) is 0 Å². The molecule has 0 saturated heterocycles. The molecule has 130 valence electrons. The second-order valence-electron chi connectivity index (χ2n) is 5.85. The van der Waals surface area contributed by atoms with Crippen molar-refractivity contribution in [2.24, 2.45) is 0 Å². The molecule has 6 heteroatoms. The number of aliphatic hydroxyl groups excluding tert-OH is 1. The van der Waals surface area contributed by atoms with E-state index in [0.717, 1.165) is 22.6 Å². The number of carbonyl (C=O) groups excluding carboxylic acids is 1. The number of aliphatic hydroxyl groups is 1. The van der Waals surface area contributed by atoms with E-state index in [2.05, 4.69) is 5.32 Å². The molecule has 0 aliphatic carbocycles. The van der Waals surface area contributed by atoms with Crippen LogP contribution in [0.15, 0.2) is 35.0 Å². The van der Waals surface area contributed by atoms with Gasteiger partial charge in [0.2, 0.25) is 0 Å². The molecule has 0 unspecified atom stereocenters. The van der Waals surface area contributed by atoms with E-state index in [1.54, 1.807) is 16.2 Å². The second kappa shape index (κ2) is 8.70. The number of thiophene rings is 1. The van der Waals surface area contributed by atoms with E-state index in [-0.39, 0.29) is 25.3 Å². The number of hydrogen-bond donors (Lipinski definition) is 2. The number of urea groups is 1. The van der Waals surface area contributed by atoms with Gasteiger partial charge >= 0.3 is 6.03 Å². The first-order valence-electron chi connectivity index (χ1n) is 7.94. The average Bonchev–Trinajstić information content (AvgIpc) is 3.02. The molecule has 5 nitrogen and oxygen atoms in total. The number of nitrogens with zero attached hydrogens (tertiary/aromatic N) is 1. The van der Waals surface area contributed by atoms with Crippen LogP contribution in [-0.4, -0.2) is 35.3 Å². The number of benzene rings is 1. The predicted molar refractivity (Wildman–Crippen MR) is 97.8 cm³/mol. The highest BCUT2D eigenvalue weighted by Gasteiger charge is 2.15. The highest BCUT2D eigenvalue weighted by atomic mass is 32.1. The maximum absolute atomic E-state index is 12.5. The van der Waals surface area contributed by atoms with Crippen LogP contribution in [0, 0.1) is 6.92 Å². The lowest BCUT2D eigenvalue weighted by Crippen LogP contribution is -2.36. The Morgan fingerprint density at radius 2 is 2.17 bits per heavy atom. The third-order valence-corrected chi connectivity index (χ3v) is 4.15. The molecule has 0 atom stereocenters. The molecule has 2 amide bonds. The van der Waals surface area contributed by atoms with E-state index >= 15 is 0 Å². The Kier molecular flexibility index (Phi) is 6.63.